The van der Waals surface area contributed by atoms with Gasteiger partial charge in [0.25, 0.3) is 0 Å². The monoisotopic (exact) mass is 1600 g/mol. The number of nitrogens with one attached hydrogen (secondary N) is 6. The molecule has 8 atom stereocenters. The fraction of sp³-hybridized carbons (Fsp3) is 0.894. The Hall–Kier alpha value is -4.70. The first-order valence-corrected chi connectivity index (χ1v) is 45.3. The number of carbonyl (C=O) groups is 9. The average Bonchev–Trinajstić information content (AvgIpc) is 0.807. The summed E-state index contributed by atoms with van der Waals surface area (Å²) in [5.41, 5.74) is 0. The lowest BCUT2D eigenvalue weighted by Crippen LogP contribution is -2.64. The molecule has 1 fully saturated rings. The molecule has 1 aliphatic rings. The van der Waals surface area contributed by atoms with Gasteiger partial charge in [-0.15, -0.1) is 0 Å². The Labute approximate surface area is 676 Å². The van der Waals surface area contributed by atoms with E-state index in [0.29, 0.717) is 19.3 Å². The van der Waals surface area contributed by atoms with Gasteiger partial charge < -0.3 is 80.9 Å². The van der Waals surface area contributed by atoms with Gasteiger partial charge in [0.15, 0.2) is 0 Å². The third kappa shape index (κ3) is 66.2. The molecule has 10 N–H and O–H groups in total. The lowest BCUT2D eigenvalue weighted by molar-refractivity contribution is -0.197. The van der Waals surface area contributed by atoms with Crippen LogP contribution in [0.2, 0.25) is 0 Å². The Morgan fingerprint density at radius 1 is 0.468 bits per heavy atom. The van der Waals surface area contributed by atoms with Crippen LogP contribution in [0.4, 0.5) is 0 Å². The maximum Gasteiger partial charge on any atom is 0.306 e. The zero-order chi connectivity index (χ0) is 82.6. The van der Waals surface area contributed by atoms with Crippen molar-refractivity contribution in [3.05, 3.63) is 0 Å². The van der Waals surface area contributed by atoms with Gasteiger partial charge in [-0.25, -0.2) is 0 Å². The van der Waals surface area contributed by atoms with E-state index < -0.39 is 91.2 Å². The molecule has 0 aromatic carbocycles. The van der Waals surface area contributed by atoms with Gasteiger partial charge in [-0.1, -0.05) is 292 Å². The number of rotatable bonds is 72. The highest BCUT2D eigenvalue weighted by atomic mass is 32.2. The summed E-state index contributed by atoms with van der Waals surface area (Å²) in [5.74, 6) is -3.47. The van der Waals surface area contributed by atoms with Gasteiger partial charge in [0.05, 0.1) is 51.7 Å². The number of unbranched alkanes of at least 4 members (excludes halogenated alkanes) is 38. The van der Waals surface area contributed by atoms with Crippen LogP contribution in [0.3, 0.4) is 0 Å². The molecule has 4 unspecified atom stereocenters. The summed E-state index contributed by atoms with van der Waals surface area (Å²) >= 11 is 1.33. The van der Waals surface area contributed by atoms with Gasteiger partial charge >= 0.3 is 11.9 Å². The van der Waals surface area contributed by atoms with Gasteiger partial charge in [-0.3, -0.25) is 43.2 Å². The van der Waals surface area contributed by atoms with Crippen LogP contribution in [0.15, 0.2) is 0 Å². The van der Waals surface area contributed by atoms with Crippen LogP contribution >= 0.6 is 11.8 Å². The van der Waals surface area contributed by atoms with Crippen molar-refractivity contribution in [2.45, 2.75) is 399 Å². The highest BCUT2D eigenvalue weighted by Crippen LogP contribution is 2.25. The molecule has 1 heterocycles. The van der Waals surface area contributed by atoms with E-state index in [1.165, 1.54) is 268 Å². The smallest absolute Gasteiger partial charge is 0.306 e. The number of hydrogen-bond acceptors (Lipinski definition) is 19. The van der Waals surface area contributed by atoms with Crippen molar-refractivity contribution < 1.29 is 87.3 Å². The number of thioether (sulfide) groups is 1. The predicted octanol–water partition coefficient (Wildman–Crippen LogP) is 13.0. The first kappa shape index (κ1) is 108. The van der Waals surface area contributed by atoms with Crippen molar-refractivity contribution in [1.82, 2.24) is 36.8 Å². The zero-order valence-electron chi connectivity index (χ0n) is 71.2. The SMILES string of the molecule is CCC(=O)NC(CSC)C(=O)NC(CO)C(=O)NCCNC(=O)COCCOCCNC(=O)CN(CCC1O[C@H](CO)[C@H](O)[C@H](O)[C@H]1NC(C)=O)C(C)=O.CCCCCCCCCCCCCCC.CCCCCCCCCCCCCCCCC(=O)OCC(CC)OC(=O)CCCCCCCCCCCCCCCC. The molecule has 25 nitrogen and oxygen atoms in total. The largest absolute Gasteiger partial charge is 0.462 e. The number of aliphatic hydroxyl groups excluding tert-OH is 4. The summed E-state index contributed by atoms with van der Waals surface area (Å²) < 4.78 is 27.3. The molecule has 0 aromatic heterocycles. The molecule has 111 heavy (non-hydrogen) atoms. The first-order valence-electron chi connectivity index (χ1n) is 43.9. The van der Waals surface area contributed by atoms with Crippen LogP contribution in [0.1, 0.15) is 351 Å². The van der Waals surface area contributed by atoms with Gasteiger partial charge in [-0.05, 0) is 31.9 Å². The van der Waals surface area contributed by atoms with E-state index in [1.54, 1.807) is 13.2 Å². The van der Waals surface area contributed by atoms with E-state index in [1.807, 2.05) is 6.92 Å². The number of hydrogen-bond donors (Lipinski definition) is 10. The number of amides is 7. The number of ether oxygens (including phenoxy) is 5. The third-order valence-electron chi connectivity index (χ3n) is 19.8. The van der Waals surface area contributed by atoms with Crippen molar-refractivity contribution in [1.29, 1.82) is 0 Å². The van der Waals surface area contributed by atoms with E-state index in [9.17, 15) is 63.6 Å². The minimum Gasteiger partial charge on any atom is -0.462 e. The molecule has 0 saturated carbocycles. The number of esters is 2. The molecule has 0 bridgehead atoms. The molecule has 1 saturated heterocycles. The molecule has 0 spiro atoms. The van der Waals surface area contributed by atoms with Gasteiger partial charge in [-0.2, -0.15) is 11.8 Å². The highest BCUT2D eigenvalue weighted by molar-refractivity contribution is 7.98. The molecular weight excluding hydrogens is 1440 g/mol. The minimum atomic E-state index is -1.44. The molecule has 26 heteroatoms. The second kappa shape index (κ2) is 79.2. The summed E-state index contributed by atoms with van der Waals surface area (Å²) in [6.45, 7) is 14.1. The van der Waals surface area contributed by atoms with Crippen molar-refractivity contribution in [3.8, 4) is 0 Å². The standard InChI is InChI=1S/C38H74O4.C32H57N7O14S.C15H32/c1-4-7-9-11-13-15-17-19-21-23-25-27-29-31-33-37(39)41-35-36(6-3)42-38(40)34-32-30-28-26-24-22-20-18-16-14-12-10-8-5-2;1-5-25(44)37-22(18-54-4)32(50)38-21(15-40)31(49)35-8-7-33-27(46)17-52-13-12-51-11-9-34-26(45)14-39(20(3)43)10-6-23-28(36-19(2)42)30(48)29(47)24(16-41)53-23;1-3-5-7-9-11-13-15-14-12-10-8-6-4-2/h36H,4-35H2,1-3H3;21-24,28-30,40-41,47-48H,5-18H2,1-4H3,(H,33,46)(H,34,45)(H,35,49)(H,36,42)(H,37,44)(H,38,50);3-15H2,1-2H3/t;21?,22?,23?,24-,28+,29+,30-;/m.1./s1. The molecule has 1 aliphatic heterocycles. The Balaban J connectivity index is 0. The van der Waals surface area contributed by atoms with E-state index in [2.05, 4.69) is 59.6 Å². The molecule has 652 valence electrons. The summed E-state index contributed by atoms with van der Waals surface area (Å²) in [4.78, 5) is 111. The Morgan fingerprint density at radius 2 is 0.901 bits per heavy atom. The van der Waals surface area contributed by atoms with Gasteiger partial charge in [0, 0.05) is 65.0 Å². The maximum atomic E-state index is 12.5. The van der Waals surface area contributed by atoms with Crippen molar-refractivity contribution in [2.75, 3.05) is 91.0 Å². The molecule has 0 aliphatic carbocycles. The lowest BCUT2D eigenvalue weighted by atomic mass is 9.91. The van der Waals surface area contributed by atoms with Crippen LogP contribution in [0.5, 0.6) is 0 Å². The minimum absolute atomic E-state index is 0.00492. The lowest BCUT2D eigenvalue weighted by Gasteiger charge is -2.43. The van der Waals surface area contributed by atoms with Gasteiger partial charge in [0.2, 0.25) is 41.4 Å². The molecule has 0 radical (unpaired) electrons. The summed E-state index contributed by atoms with van der Waals surface area (Å²) in [5, 5.41) is 54.8. The van der Waals surface area contributed by atoms with E-state index in [-0.39, 0.29) is 108 Å². The van der Waals surface area contributed by atoms with Crippen LogP contribution in [0.25, 0.3) is 0 Å². The number of nitrogens with zero attached hydrogens (tertiary/aromatic N) is 1. The first-order chi connectivity index (χ1) is 53.7. The van der Waals surface area contributed by atoms with Crippen molar-refractivity contribution >= 4 is 65.1 Å². The van der Waals surface area contributed by atoms with E-state index in [4.69, 9.17) is 23.7 Å². The van der Waals surface area contributed by atoms with Crippen LogP contribution in [0, 0.1) is 0 Å². The van der Waals surface area contributed by atoms with Crippen molar-refractivity contribution in [2.24, 2.45) is 0 Å². The Bertz CT molecular complexity index is 2270. The average molecular weight is 1600 g/mol. The van der Waals surface area contributed by atoms with Gasteiger partial charge in [0.1, 0.15) is 49.7 Å². The highest BCUT2D eigenvalue weighted by Gasteiger charge is 2.44. The molecule has 7 amide bonds. The maximum absolute atomic E-state index is 12.5. The van der Waals surface area contributed by atoms with Crippen LogP contribution in [-0.4, -0.2) is 218 Å². The third-order valence-corrected chi connectivity index (χ3v) is 20.4. The normalized spacial score (nSPS) is 16.0. The van der Waals surface area contributed by atoms with Crippen LogP contribution in [-0.2, 0) is 66.8 Å². The van der Waals surface area contributed by atoms with Crippen molar-refractivity contribution in [3.63, 3.8) is 0 Å². The second-order valence-electron chi connectivity index (χ2n) is 29.9. The summed E-state index contributed by atoms with van der Waals surface area (Å²) in [6, 6.07) is -3.13. The summed E-state index contributed by atoms with van der Waals surface area (Å²) in [6.07, 6.45) is 54.0. The van der Waals surface area contributed by atoms with E-state index >= 15 is 0 Å². The summed E-state index contributed by atoms with van der Waals surface area (Å²) in [7, 11) is 0. The molecule has 1 rings (SSSR count). The zero-order valence-corrected chi connectivity index (χ0v) is 72.0. The quantitative estimate of drug-likeness (QED) is 0.0200. The molecular formula is C85H163N7O18S. The van der Waals surface area contributed by atoms with Crippen LogP contribution < -0.4 is 31.9 Å². The topological polar surface area (TPSA) is 356 Å². The Morgan fingerprint density at radius 3 is 1.32 bits per heavy atom. The number of carbonyl (C=O) groups excluding carboxylic acids is 9. The van der Waals surface area contributed by atoms with E-state index in [0.717, 1.165) is 25.7 Å². The Kier molecular flexibility index (Phi) is 77.3. The number of aliphatic hydroxyl groups is 4. The predicted molar refractivity (Wildman–Crippen MR) is 445 cm³/mol. The second-order valence-corrected chi connectivity index (χ2v) is 30.9. The fourth-order valence-corrected chi connectivity index (χ4v) is 13.4. The fourth-order valence-electron chi connectivity index (χ4n) is 12.8. The molecule has 0 aromatic rings.